The van der Waals surface area contributed by atoms with Crippen LogP contribution < -0.4 is 5.73 Å². The number of fused-ring (bicyclic) bond motifs is 1. The largest absolute Gasteiger partial charge is 0.384 e. The van der Waals surface area contributed by atoms with Gasteiger partial charge in [0.2, 0.25) is 0 Å². The van der Waals surface area contributed by atoms with Crippen LogP contribution in [-0.2, 0) is 11.8 Å². The van der Waals surface area contributed by atoms with Gasteiger partial charge in [-0.15, -0.1) is 11.3 Å². The Hall–Kier alpha value is -1.37. The van der Waals surface area contributed by atoms with Gasteiger partial charge in [0.1, 0.15) is 11.0 Å². The summed E-state index contributed by atoms with van der Waals surface area (Å²) in [6.07, 6.45) is 2.82. The van der Waals surface area contributed by atoms with Crippen molar-refractivity contribution in [3.63, 3.8) is 0 Å². The van der Waals surface area contributed by atoms with E-state index in [1.807, 2.05) is 6.20 Å². The number of nitrogens with two attached hydrogens (primary N) is 1. The van der Waals surface area contributed by atoms with Gasteiger partial charge in [0.25, 0.3) is 0 Å². The third-order valence-corrected chi connectivity index (χ3v) is 5.58. The lowest BCUT2D eigenvalue weighted by Gasteiger charge is -2.17. The van der Waals surface area contributed by atoms with Crippen LogP contribution in [-0.4, -0.2) is 20.7 Å². The van der Waals surface area contributed by atoms with E-state index in [1.54, 1.807) is 17.4 Å². The van der Waals surface area contributed by atoms with Crippen molar-refractivity contribution < 1.29 is 0 Å². The lowest BCUT2D eigenvalue weighted by atomic mass is 9.87. The van der Waals surface area contributed by atoms with Crippen LogP contribution in [0.4, 0.5) is 5.82 Å². The summed E-state index contributed by atoms with van der Waals surface area (Å²) in [4.78, 5) is 12.9. The number of anilines is 1. The number of halogens is 1. The molecule has 3 rings (SSSR count). The number of aromatic nitrogens is 3. The number of pyridine rings is 1. The van der Waals surface area contributed by atoms with E-state index in [2.05, 4.69) is 47.2 Å². The van der Waals surface area contributed by atoms with E-state index in [9.17, 15) is 0 Å². The molecule has 24 heavy (non-hydrogen) atoms. The van der Waals surface area contributed by atoms with E-state index in [4.69, 9.17) is 17.3 Å². The number of thiophene rings is 1. The average molecular weight is 379 g/mol. The van der Waals surface area contributed by atoms with Gasteiger partial charge in [0, 0.05) is 23.7 Å². The van der Waals surface area contributed by atoms with Crippen LogP contribution in [0.2, 0.25) is 5.15 Å². The molecule has 4 nitrogen and oxygen atoms in total. The first-order chi connectivity index (χ1) is 11.3. The molecule has 0 atom stereocenters. The molecule has 0 aliphatic rings. The van der Waals surface area contributed by atoms with Crippen LogP contribution in [0.15, 0.2) is 28.9 Å². The molecule has 0 spiro atoms. The van der Waals surface area contributed by atoms with E-state index in [0.717, 1.165) is 17.9 Å². The zero-order valence-electron chi connectivity index (χ0n) is 13.8. The van der Waals surface area contributed by atoms with Gasteiger partial charge in [-0.3, -0.25) is 4.98 Å². The Labute approximate surface area is 154 Å². The van der Waals surface area contributed by atoms with Crippen molar-refractivity contribution in [2.45, 2.75) is 37.8 Å². The summed E-state index contributed by atoms with van der Waals surface area (Å²) in [5.74, 6) is 1.22. The first kappa shape index (κ1) is 17.5. The molecule has 0 unspecified atom stereocenters. The van der Waals surface area contributed by atoms with Crippen molar-refractivity contribution in [3.8, 4) is 0 Å². The Bertz CT molecular complexity index is 850. The second-order valence-corrected chi connectivity index (χ2v) is 8.93. The highest BCUT2D eigenvalue weighted by molar-refractivity contribution is 7.99. The van der Waals surface area contributed by atoms with Crippen molar-refractivity contribution in [1.82, 2.24) is 15.0 Å². The monoisotopic (exact) mass is 378 g/mol. The van der Waals surface area contributed by atoms with Crippen LogP contribution in [0.5, 0.6) is 0 Å². The predicted molar refractivity (Wildman–Crippen MR) is 104 cm³/mol. The SMILES string of the molecule is CC(C)(C)c1csc2cnc(CCSc3nc(N)cc(Cl)n3)cc12. The highest BCUT2D eigenvalue weighted by Crippen LogP contribution is 2.34. The van der Waals surface area contributed by atoms with Gasteiger partial charge in [-0.25, -0.2) is 9.97 Å². The Morgan fingerprint density at radius 1 is 1.25 bits per heavy atom. The van der Waals surface area contributed by atoms with E-state index >= 15 is 0 Å². The van der Waals surface area contributed by atoms with Crippen molar-refractivity contribution in [1.29, 1.82) is 0 Å². The first-order valence-corrected chi connectivity index (χ1v) is 9.87. The molecule has 0 saturated heterocycles. The molecular formula is C17H19ClN4S2. The fraction of sp³-hybridized carbons (Fsp3) is 0.353. The Morgan fingerprint density at radius 3 is 2.75 bits per heavy atom. The van der Waals surface area contributed by atoms with Crippen LogP contribution in [0, 0.1) is 0 Å². The lowest BCUT2D eigenvalue weighted by Crippen LogP contribution is -2.10. The number of nitrogens with zero attached hydrogens (tertiary/aromatic N) is 3. The normalized spacial score (nSPS) is 12.0. The zero-order chi connectivity index (χ0) is 17.3. The summed E-state index contributed by atoms with van der Waals surface area (Å²) in [7, 11) is 0. The molecule has 0 bridgehead atoms. The van der Waals surface area contributed by atoms with Crippen molar-refractivity contribution in [3.05, 3.63) is 40.1 Å². The van der Waals surface area contributed by atoms with Gasteiger partial charge in [-0.1, -0.05) is 44.1 Å². The lowest BCUT2D eigenvalue weighted by molar-refractivity contribution is 0.598. The van der Waals surface area contributed by atoms with Gasteiger partial charge in [-0.2, -0.15) is 0 Å². The zero-order valence-corrected chi connectivity index (χ0v) is 16.2. The van der Waals surface area contributed by atoms with Crippen LogP contribution in [0.3, 0.4) is 0 Å². The molecule has 0 fully saturated rings. The maximum Gasteiger partial charge on any atom is 0.190 e. The molecule has 0 saturated carbocycles. The first-order valence-electron chi connectivity index (χ1n) is 7.62. The maximum atomic E-state index is 5.90. The highest BCUT2D eigenvalue weighted by atomic mass is 35.5. The van der Waals surface area contributed by atoms with E-state index < -0.39 is 0 Å². The summed E-state index contributed by atoms with van der Waals surface area (Å²) in [6.45, 7) is 6.72. The Morgan fingerprint density at radius 2 is 2.04 bits per heavy atom. The number of thioether (sulfide) groups is 1. The Balaban J connectivity index is 1.73. The number of nitrogen functional groups attached to an aromatic ring is 1. The van der Waals surface area contributed by atoms with Crippen LogP contribution in [0.25, 0.3) is 10.1 Å². The van der Waals surface area contributed by atoms with Gasteiger partial charge >= 0.3 is 0 Å². The van der Waals surface area contributed by atoms with Crippen LogP contribution >= 0.6 is 34.7 Å². The quantitative estimate of drug-likeness (QED) is 0.395. The molecule has 0 aliphatic carbocycles. The minimum absolute atomic E-state index is 0.137. The van der Waals surface area contributed by atoms with E-state index in [-0.39, 0.29) is 5.41 Å². The molecule has 7 heteroatoms. The molecule has 3 aromatic rings. The third kappa shape index (κ3) is 3.99. The van der Waals surface area contributed by atoms with Gasteiger partial charge < -0.3 is 5.73 Å². The van der Waals surface area contributed by atoms with Crippen molar-refractivity contribution >= 4 is 50.6 Å². The third-order valence-electron chi connectivity index (χ3n) is 3.61. The summed E-state index contributed by atoms with van der Waals surface area (Å²) >= 11 is 9.20. The summed E-state index contributed by atoms with van der Waals surface area (Å²) in [5, 5.41) is 4.53. The van der Waals surface area contributed by atoms with Crippen LogP contribution in [0.1, 0.15) is 32.0 Å². The molecule has 2 N–H and O–H groups in total. The molecule has 0 radical (unpaired) electrons. The van der Waals surface area contributed by atoms with Gasteiger partial charge in [0.15, 0.2) is 5.16 Å². The fourth-order valence-electron chi connectivity index (χ4n) is 2.42. The minimum Gasteiger partial charge on any atom is -0.384 e. The van der Waals surface area contributed by atoms with E-state index in [0.29, 0.717) is 16.1 Å². The number of hydrogen-bond donors (Lipinski definition) is 1. The fourth-order valence-corrected chi connectivity index (χ4v) is 4.62. The van der Waals surface area contributed by atoms with Crippen molar-refractivity contribution in [2.75, 3.05) is 11.5 Å². The smallest absolute Gasteiger partial charge is 0.190 e. The van der Waals surface area contributed by atoms with Gasteiger partial charge in [-0.05, 0) is 34.2 Å². The summed E-state index contributed by atoms with van der Waals surface area (Å²) in [5.41, 5.74) is 8.28. The topological polar surface area (TPSA) is 64.7 Å². The highest BCUT2D eigenvalue weighted by Gasteiger charge is 2.18. The number of hydrogen-bond acceptors (Lipinski definition) is 6. The van der Waals surface area contributed by atoms with Crippen molar-refractivity contribution in [2.24, 2.45) is 0 Å². The second kappa shape index (κ2) is 6.86. The summed E-state index contributed by atoms with van der Waals surface area (Å²) < 4.78 is 1.24. The standard InChI is InChI=1S/C17H19ClN4S2/c1-17(2,3)12-9-24-13-8-20-10(6-11(12)13)4-5-23-16-21-14(18)7-15(19)22-16/h6-9H,4-5H2,1-3H3,(H2,19,21,22). The Kier molecular flexibility index (Phi) is 4.99. The van der Waals surface area contributed by atoms with Gasteiger partial charge in [0.05, 0.1) is 4.70 Å². The molecule has 3 heterocycles. The number of aryl methyl sites for hydroxylation is 1. The molecule has 3 aromatic heterocycles. The molecule has 126 valence electrons. The minimum atomic E-state index is 0.137. The molecule has 0 aliphatic heterocycles. The average Bonchev–Trinajstić information content (AvgIpc) is 2.89. The summed E-state index contributed by atoms with van der Waals surface area (Å²) in [6, 6.07) is 3.76. The number of rotatable bonds is 4. The second-order valence-electron chi connectivity index (χ2n) is 6.57. The van der Waals surface area contributed by atoms with E-state index in [1.165, 1.54) is 27.4 Å². The predicted octanol–water partition coefficient (Wildman–Crippen LogP) is 4.95. The molecular weight excluding hydrogens is 360 g/mol. The molecule has 0 amide bonds. The molecule has 0 aromatic carbocycles. The maximum absolute atomic E-state index is 5.90.